The van der Waals surface area contributed by atoms with Crippen molar-refractivity contribution in [3.05, 3.63) is 24.3 Å². The van der Waals surface area contributed by atoms with Crippen LogP contribution in [0.4, 0.5) is 11.4 Å². The van der Waals surface area contributed by atoms with Crippen LogP contribution in [0.2, 0.25) is 0 Å². The van der Waals surface area contributed by atoms with Crippen LogP contribution in [0, 0.1) is 5.92 Å². The summed E-state index contributed by atoms with van der Waals surface area (Å²) < 4.78 is 0. The smallest absolute Gasteiger partial charge is 0.238 e. The summed E-state index contributed by atoms with van der Waals surface area (Å²) in [7, 11) is 0. The van der Waals surface area contributed by atoms with E-state index in [4.69, 9.17) is 0 Å². The topological polar surface area (TPSA) is 44.4 Å². The second-order valence-electron chi connectivity index (χ2n) is 6.54. The number of rotatable bonds is 6. The molecular formula is C18H27N3O. The molecule has 1 heterocycles. The van der Waals surface area contributed by atoms with Crippen molar-refractivity contribution in [3.8, 4) is 0 Å². The van der Waals surface area contributed by atoms with E-state index in [2.05, 4.69) is 27.7 Å². The normalized spacial score (nSPS) is 18.8. The summed E-state index contributed by atoms with van der Waals surface area (Å²) in [6.07, 6.45) is 7.74. The van der Waals surface area contributed by atoms with Crippen LogP contribution in [0.1, 0.15) is 38.5 Å². The van der Waals surface area contributed by atoms with E-state index < -0.39 is 0 Å². The maximum Gasteiger partial charge on any atom is 0.238 e. The van der Waals surface area contributed by atoms with Gasteiger partial charge in [-0.05, 0) is 50.3 Å². The fourth-order valence-corrected chi connectivity index (χ4v) is 3.07. The molecule has 0 radical (unpaired) electrons. The molecule has 0 unspecified atom stereocenters. The molecule has 1 aromatic rings. The van der Waals surface area contributed by atoms with Gasteiger partial charge in [-0.3, -0.25) is 4.79 Å². The quantitative estimate of drug-likeness (QED) is 0.849. The third-order valence-electron chi connectivity index (χ3n) is 4.54. The summed E-state index contributed by atoms with van der Waals surface area (Å²) in [5.74, 6) is 0.861. The van der Waals surface area contributed by atoms with Crippen LogP contribution < -0.4 is 15.5 Å². The van der Waals surface area contributed by atoms with Gasteiger partial charge in [0.25, 0.3) is 0 Å². The van der Waals surface area contributed by atoms with Crippen LogP contribution in [-0.2, 0) is 4.79 Å². The van der Waals surface area contributed by atoms with Crippen LogP contribution in [0.3, 0.4) is 0 Å². The lowest BCUT2D eigenvalue weighted by Gasteiger charge is -2.25. The first-order valence-corrected chi connectivity index (χ1v) is 8.67. The van der Waals surface area contributed by atoms with E-state index in [1.54, 1.807) is 0 Å². The van der Waals surface area contributed by atoms with Crippen LogP contribution in [-0.4, -0.2) is 32.1 Å². The zero-order valence-electron chi connectivity index (χ0n) is 13.3. The van der Waals surface area contributed by atoms with Gasteiger partial charge in [0.1, 0.15) is 0 Å². The Hall–Kier alpha value is -1.55. The molecule has 22 heavy (non-hydrogen) atoms. The van der Waals surface area contributed by atoms with Gasteiger partial charge in [0.2, 0.25) is 5.91 Å². The summed E-state index contributed by atoms with van der Waals surface area (Å²) in [5, 5.41) is 6.33. The Labute approximate surface area is 133 Å². The summed E-state index contributed by atoms with van der Waals surface area (Å²) in [6.45, 7) is 3.56. The maximum absolute atomic E-state index is 12.1. The van der Waals surface area contributed by atoms with Crippen molar-refractivity contribution in [3.63, 3.8) is 0 Å². The minimum absolute atomic E-state index is 0.0583. The number of para-hydroxylation sites is 2. The van der Waals surface area contributed by atoms with Crippen LogP contribution >= 0.6 is 0 Å². The van der Waals surface area contributed by atoms with E-state index in [0.29, 0.717) is 6.54 Å². The lowest BCUT2D eigenvalue weighted by Crippen LogP contribution is -2.31. The van der Waals surface area contributed by atoms with Crippen LogP contribution in [0.15, 0.2) is 24.3 Å². The Morgan fingerprint density at radius 1 is 1.09 bits per heavy atom. The lowest BCUT2D eigenvalue weighted by atomic mass is 10.2. The molecule has 1 amide bonds. The van der Waals surface area contributed by atoms with Crippen molar-refractivity contribution in [2.75, 3.05) is 36.4 Å². The van der Waals surface area contributed by atoms with E-state index in [9.17, 15) is 4.79 Å². The molecule has 0 atom stereocenters. The molecule has 3 rings (SSSR count). The van der Waals surface area contributed by atoms with Gasteiger partial charge in [-0.25, -0.2) is 0 Å². The molecule has 2 aliphatic rings. The van der Waals surface area contributed by atoms with Gasteiger partial charge >= 0.3 is 0 Å². The van der Waals surface area contributed by atoms with E-state index in [-0.39, 0.29) is 5.91 Å². The predicted molar refractivity (Wildman–Crippen MR) is 91.3 cm³/mol. The molecular weight excluding hydrogens is 274 g/mol. The fourth-order valence-electron chi connectivity index (χ4n) is 3.07. The molecule has 4 nitrogen and oxygen atoms in total. The van der Waals surface area contributed by atoms with Gasteiger partial charge in [0.05, 0.1) is 17.9 Å². The molecule has 1 saturated heterocycles. The minimum atomic E-state index is 0.0583. The number of amides is 1. The van der Waals surface area contributed by atoms with E-state index in [1.807, 2.05) is 12.1 Å². The monoisotopic (exact) mass is 301 g/mol. The van der Waals surface area contributed by atoms with Gasteiger partial charge in [-0.2, -0.15) is 0 Å². The van der Waals surface area contributed by atoms with Gasteiger partial charge in [-0.15, -0.1) is 0 Å². The third kappa shape index (κ3) is 4.47. The van der Waals surface area contributed by atoms with Crippen molar-refractivity contribution < 1.29 is 4.79 Å². The Kier molecular flexibility index (Phi) is 5.33. The Morgan fingerprint density at radius 3 is 2.55 bits per heavy atom. The Bertz CT molecular complexity index is 491. The molecule has 2 fully saturated rings. The van der Waals surface area contributed by atoms with Gasteiger partial charge in [0.15, 0.2) is 0 Å². The highest BCUT2D eigenvalue weighted by Crippen LogP contribution is 2.28. The van der Waals surface area contributed by atoms with Gasteiger partial charge in [0, 0.05) is 13.1 Å². The Balaban J connectivity index is 1.58. The molecule has 4 heteroatoms. The first-order chi connectivity index (χ1) is 10.8. The number of anilines is 2. The zero-order valence-corrected chi connectivity index (χ0v) is 13.3. The average molecular weight is 301 g/mol. The van der Waals surface area contributed by atoms with Crippen molar-refractivity contribution in [2.45, 2.75) is 38.5 Å². The Morgan fingerprint density at radius 2 is 1.82 bits per heavy atom. The van der Waals surface area contributed by atoms with Crippen LogP contribution in [0.25, 0.3) is 0 Å². The number of hydrogen-bond acceptors (Lipinski definition) is 3. The number of nitrogens with zero attached hydrogens (tertiary/aromatic N) is 1. The average Bonchev–Trinajstić information content (AvgIpc) is 3.34. The summed E-state index contributed by atoms with van der Waals surface area (Å²) in [5.41, 5.74) is 2.11. The van der Waals surface area contributed by atoms with Crippen molar-refractivity contribution >= 4 is 17.3 Å². The second-order valence-corrected chi connectivity index (χ2v) is 6.54. The summed E-state index contributed by atoms with van der Waals surface area (Å²) in [6, 6.07) is 8.19. The molecule has 0 aromatic heterocycles. The molecule has 120 valence electrons. The molecule has 1 saturated carbocycles. The molecule has 0 bridgehead atoms. The van der Waals surface area contributed by atoms with E-state index in [1.165, 1.54) is 44.2 Å². The highest BCUT2D eigenvalue weighted by molar-refractivity contribution is 5.95. The fraction of sp³-hybridized carbons (Fsp3) is 0.611. The zero-order chi connectivity index (χ0) is 15.2. The van der Waals surface area contributed by atoms with Gasteiger partial charge in [-0.1, -0.05) is 25.0 Å². The number of carbonyl (C=O) groups is 1. The molecule has 1 aromatic carbocycles. The minimum Gasteiger partial charge on any atom is -0.370 e. The third-order valence-corrected chi connectivity index (χ3v) is 4.54. The van der Waals surface area contributed by atoms with Crippen molar-refractivity contribution in [1.82, 2.24) is 5.32 Å². The summed E-state index contributed by atoms with van der Waals surface area (Å²) >= 11 is 0. The SMILES string of the molecule is O=C(CNCC1CC1)Nc1ccccc1N1CCCCCC1. The largest absolute Gasteiger partial charge is 0.370 e. The van der Waals surface area contributed by atoms with Crippen LogP contribution in [0.5, 0.6) is 0 Å². The number of hydrogen-bond donors (Lipinski definition) is 2. The van der Waals surface area contributed by atoms with Gasteiger partial charge < -0.3 is 15.5 Å². The highest BCUT2D eigenvalue weighted by Gasteiger charge is 2.20. The number of benzene rings is 1. The maximum atomic E-state index is 12.1. The lowest BCUT2D eigenvalue weighted by molar-refractivity contribution is -0.115. The standard InChI is InChI=1S/C18H27N3O/c22-18(14-19-13-15-9-10-15)20-16-7-3-4-8-17(16)21-11-5-1-2-6-12-21/h3-4,7-8,15,19H,1-2,5-6,9-14H2,(H,20,22). The first-order valence-electron chi connectivity index (χ1n) is 8.67. The second kappa shape index (κ2) is 7.63. The molecule has 1 aliphatic heterocycles. The predicted octanol–water partition coefficient (Wildman–Crippen LogP) is 3.01. The van der Waals surface area contributed by atoms with Crippen molar-refractivity contribution in [1.29, 1.82) is 0 Å². The number of nitrogens with one attached hydrogen (secondary N) is 2. The van der Waals surface area contributed by atoms with E-state index in [0.717, 1.165) is 31.2 Å². The number of carbonyl (C=O) groups excluding carboxylic acids is 1. The molecule has 0 spiro atoms. The first kappa shape index (κ1) is 15.3. The van der Waals surface area contributed by atoms with Crippen molar-refractivity contribution in [2.24, 2.45) is 5.92 Å². The van der Waals surface area contributed by atoms with E-state index >= 15 is 0 Å². The molecule has 1 aliphatic carbocycles. The summed E-state index contributed by atoms with van der Waals surface area (Å²) in [4.78, 5) is 14.5. The molecule has 2 N–H and O–H groups in total. The highest BCUT2D eigenvalue weighted by atomic mass is 16.1.